The van der Waals surface area contributed by atoms with Crippen molar-refractivity contribution in [3.63, 3.8) is 0 Å². The Kier molecular flexibility index (Phi) is 3.09. The van der Waals surface area contributed by atoms with Crippen molar-refractivity contribution < 1.29 is 13.9 Å². The van der Waals surface area contributed by atoms with E-state index < -0.39 is 12.1 Å². The van der Waals surface area contributed by atoms with Gasteiger partial charge in [0.15, 0.2) is 17.8 Å². The van der Waals surface area contributed by atoms with Crippen LogP contribution in [-0.2, 0) is 9.47 Å². The van der Waals surface area contributed by atoms with Crippen molar-refractivity contribution in [3.05, 3.63) is 11.4 Å². The van der Waals surface area contributed by atoms with E-state index in [-0.39, 0.29) is 5.71 Å². The van der Waals surface area contributed by atoms with Crippen LogP contribution >= 0.6 is 0 Å². The fourth-order valence-electron chi connectivity index (χ4n) is 1.66. The Morgan fingerprint density at radius 3 is 2.80 bits per heavy atom. The van der Waals surface area contributed by atoms with E-state index in [1.807, 2.05) is 0 Å². The molecule has 0 radical (unpaired) electrons. The predicted octanol–water partition coefficient (Wildman–Crippen LogP) is 1.34. The Morgan fingerprint density at radius 1 is 1.40 bits per heavy atom. The lowest BCUT2D eigenvalue weighted by molar-refractivity contribution is -0.0148. The molecule has 2 rings (SSSR count). The van der Waals surface area contributed by atoms with Crippen molar-refractivity contribution in [1.82, 2.24) is 0 Å². The third-order valence-electron chi connectivity index (χ3n) is 2.38. The van der Waals surface area contributed by atoms with Crippen molar-refractivity contribution in [2.45, 2.75) is 19.1 Å². The van der Waals surface area contributed by atoms with E-state index in [4.69, 9.17) is 14.7 Å². The molecule has 0 bridgehead atoms. The Morgan fingerprint density at radius 2 is 2.13 bits per heavy atom. The third kappa shape index (κ3) is 2.06. The van der Waals surface area contributed by atoms with Crippen LogP contribution in [0.3, 0.4) is 0 Å². The summed E-state index contributed by atoms with van der Waals surface area (Å²) in [7, 11) is 0. The molecule has 0 atom stereocenters. The summed E-state index contributed by atoms with van der Waals surface area (Å²) in [5.74, 6) is -0.568. The minimum absolute atomic E-state index is 0.137. The summed E-state index contributed by atoms with van der Waals surface area (Å²) in [6.45, 7) is 1.42. The molecule has 80 valence electrons. The van der Waals surface area contributed by atoms with Crippen LogP contribution in [0.5, 0.6) is 0 Å². The molecule has 0 aromatic rings. The summed E-state index contributed by atoms with van der Waals surface area (Å²) in [6.07, 6.45) is 0.629. The van der Waals surface area contributed by atoms with Gasteiger partial charge in [-0.1, -0.05) is 0 Å². The van der Waals surface area contributed by atoms with E-state index >= 15 is 0 Å². The molecule has 0 unspecified atom stereocenters. The van der Waals surface area contributed by atoms with Crippen LogP contribution < -0.4 is 0 Å². The van der Waals surface area contributed by atoms with E-state index in [1.54, 1.807) is 6.07 Å². The number of nitrogens with zero attached hydrogens (tertiary/aromatic N) is 2. The van der Waals surface area contributed by atoms with E-state index in [1.165, 1.54) is 0 Å². The summed E-state index contributed by atoms with van der Waals surface area (Å²) in [6, 6.07) is 1.75. The molecule has 0 saturated carbocycles. The minimum Gasteiger partial charge on any atom is -0.346 e. The second-order valence-corrected chi connectivity index (χ2v) is 3.36. The zero-order valence-electron chi connectivity index (χ0n) is 8.20. The van der Waals surface area contributed by atoms with Crippen LogP contribution in [0.2, 0.25) is 0 Å². The number of hydrogen-bond donors (Lipinski definition) is 0. The van der Waals surface area contributed by atoms with Crippen LogP contribution in [0.1, 0.15) is 12.8 Å². The largest absolute Gasteiger partial charge is 0.346 e. The lowest BCUT2D eigenvalue weighted by Gasteiger charge is -2.12. The Labute approximate surface area is 87.0 Å². The van der Waals surface area contributed by atoms with Crippen LogP contribution in [0.25, 0.3) is 0 Å². The minimum atomic E-state index is -0.623. The van der Waals surface area contributed by atoms with Gasteiger partial charge in [-0.25, -0.2) is 4.39 Å². The van der Waals surface area contributed by atoms with Gasteiger partial charge in [0.25, 0.3) is 0 Å². The number of allylic oxidation sites excluding steroid dienone is 1. The molecule has 2 heterocycles. The lowest BCUT2D eigenvalue weighted by Crippen LogP contribution is -2.14. The first-order valence-corrected chi connectivity index (χ1v) is 4.89. The molecule has 15 heavy (non-hydrogen) atoms. The monoisotopic (exact) mass is 210 g/mol. The van der Waals surface area contributed by atoms with Crippen LogP contribution in [0, 0.1) is 11.3 Å². The second kappa shape index (κ2) is 4.51. The molecule has 0 spiro atoms. The highest BCUT2D eigenvalue weighted by Crippen LogP contribution is 2.25. The van der Waals surface area contributed by atoms with Crippen molar-refractivity contribution in [2.75, 3.05) is 19.8 Å². The summed E-state index contributed by atoms with van der Waals surface area (Å²) in [5.41, 5.74) is 0.284. The van der Waals surface area contributed by atoms with Gasteiger partial charge >= 0.3 is 0 Å². The summed E-state index contributed by atoms with van der Waals surface area (Å²) >= 11 is 0. The van der Waals surface area contributed by atoms with Gasteiger partial charge < -0.3 is 9.47 Å². The van der Waals surface area contributed by atoms with Crippen LogP contribution in [-0.4, -0.2) is 31.8 Å². The van der Waals surface area contributed by atoms with Gasteiger partial charge in [-0.2, -0.15) is 5.26 Å². The van der Waals surface area contributed by atoms with Gasteiger partial charge in [0.2, 0.25) is 0 Å². The summed E-state index contributed by atoms with van der Waals surface area (Å²) < 4.78 is 24.2. The first-order valence-electron chi connectivity index (χ1n) is 4.89. The van der Waals surface area contributed by atoms with E-state index in [9.17, 15) is 4.39 Å². The SMILES string of the molecule is N#CC1=NCCCC(C2OCCO2)=C1F. The molecule has 5 heteroatoms. The average Bonchev–Trinajstić information content (AvgIpc) is 2.70. The molecule has 0 aliphatic carbocycles. The molecule has 0 N–H and O–H groups in total. The second-order valence-electron chi connectivity index (χ2n) is 3.36. The highest BCUT2D eigenvalue weighted by Gasteiger charge is 2.27. The van der Waals surface area contributed by atoms with E-state index in [0.717, 1.165) is 6.42 Å². The molecular weight excluding hydrogens is 199 g/mol. The van der Waals surface area contributed by atoms with Gasteiger partial charge in [-0.3, -0.25) is 4.99 Å². The Bertz CT molecular complexity index is 351. The fourth-order valence-corrected chi connectivity index (χ4v) is 1.66. The van der Waals surface area contributed by atoms with Crippen LogP contribution in [0.15, 0.2) is 16.4 Å². The topological polar surface area (TPSA) is 54.6 Å². The van der Waals surface area contributed by atoms with Gasteiger partial charge in [0.1, 0.15) is 6.07 Å². The number of halogens is 1. The number of aliphatic imine (C=N–C) groups is 1. The molecular formula is C10H11FN2O2. The Hall–Kier alpha value is -1.25. The number of hydrogen-bond acceptors (Lipinski definition) is 4. The van der Waals surface area contributed by atoms with Gasteiger partial charge in [0, 0.05) is 12.1 Å². The first-order chi connectivity index (χ1) is 7.33. The maximum absolute atomic E-state index is 13.8. The predicted molar refractivity (Wildman–Crippen MR) is 51.0 cm³/mol. The first kappa shape index (κ1) is 10.3. The maximum Gasteiger partial charge on any atom is 0.183 e. The number of nitriles is 1. The molecule has 0 aromatic carbocycles. The summed E-state index contributed by atoms with van der Waals surface area (Å²) in [4.78, 5) is 3.86. The highest BCUT2D eigenvalue weighted by molar-refractivity contribution is 6.10. The molecule has 2 aliphatic heterocycles. The zero-order valence-corrected chi connectivity index (χ0v) is 8.20. The number of rotatable bonds is 1. The van der Waals surface area contributed by atoms with Crippen molar-refractivity contribution >= 4 is 5.71 Å². The highest BCUT2D eigenvalue weighted by atomic mass is 19.1. The maximum atomic E-state index is 13.8. The van der Waals surface area contributed by atoms with Crippen LogP contribution in [0.4, 0.5) is 4.39 Å². The molecule has 1 saturated heterocycles. The molecule has 4 nitrogen and oxygen atoms in total. The summed E-state index contributed by atoms with van der Waals surface area (Å²) in [5, 5.41) is 8.71. The van der Waals surface area contributed by atoms with Crippen molar-refractivity contribution in [1.29, 1.82) is 5.26 Å². The van der Waals surface area contributed by atoms with Crippen molar-refractivity contribution in [2.24, 2.45) is 4.99 Å². The molecule has 0 aromatic heterocycles. The van der Waals surface area contributed by atoms with Gasteiger partial charge in [-0.05, 0) is 12.8 Å². The quantitative estimate of drug-likeness (QED) is 0.656. The van der Waals surface area contributed by atoms with Gasteiger partial charge in [-0.15, -0.1) is 0 Å². The van der Waals surface area contributed by atoms with E-state index in [2.05, 4.69) is 4.99 Å². The van der Waals surface area contributed by atoms with E-state index in [0.29, 0.717) is 31.8 Å². The zero-order chi connectivity index (χ0) is 10.7. The molecule has 1 fully saturated rings. The normalized spacial score (nSPS) is 23.6. The van der Waals surface area contributed by atoms with Gasteiger partial charge in [0.05, 0.1) is 13.2 Å². The van der Waals surface area contributed by atoms with Crippen molar-refractivity contribution in [3.8, 4) is 6.07 Å². The fraction of sp³-hybridized carbons (Fsp3) is 0.600. The standard InChI is InChI=1S/C10H11FN2O2/c11-9-7(10-14-4-5-15-10)2-1-3-13-8(9)6-12/h10H,1-5H2. The molecule has 0 amide bonds. The third-order valence-corrected chi connectivity index (χ3v) is 2.38. The number of ether oxygens (including phenoxy) is 2. The average molecular weight is 210 g/mol. The Balaban J connectivity index is 2.27. The molecule has 2 aliphatic rings. The smallest absolute Gasteiger partial charge is 0.183 e. The lowest BCUT2D eigenvalue weighted by atomic mass is 10.1.